The number of hydrogen-bond donors (Lipinski definition) is 1. The maximum atomic E-state index is 3.60. The van der Waals surface area contributed by atoms with Gasteiger partial charge < -0.3 is 5.32 Å². The first kappa shape index (κ1) is 13.2. The van der Waals surface area contributed by atoms with Crippen molar-refractivity contribution in [2.75, 3.05) is 13.1 Å². The third kappa shape index (κ3) is 2.86. The summed E-state index contributed by atoms with van der Waals surface area (Å²) in [6, 6.07) is 9.51. The van der Waals surface area contributed by atoms with E-state index in [-0.39, 0.29) is 0 Å². The zero-order valence-corrected chi connectivity index (χ0v) is 12.2. The summed E-state index contributed by atoms with van der Waals surface area (Å²) in [5.74, 6) is 2.57. The Kier molecular flexibility index (Phi) is 4.22. The zero-order chi connectivity index (χ0) is 13.1. The molecule has 2 saturated carbocycles. The van der Waals surface area contributed by atoms with Crippen LogP contribution < -0.4 is 5.32 Å². The van der Waals surface area contributed by atoms with Crippen LogP contribution in [0.3, 0.4) is 0 Å². The third-order valence-corrected chi connectivity index (χ3v) is 5.17. The fraction of sp³-hybridized carbons (Fsp3) is 0.667. The second-order valence-corrected chi connectivity index (χ2v) is 6.45. The van der Waals surface area contributed by atoms with Gasteiger partial charge in [0.15, 0.2) is 0 Å². The summed E-state index contributed by atoms with van der Waals surface area (Å²) >= 11 is 0. The highest BCUT2D eigenvalue weighted by atomic mass is 14.9. The number of benzene rings is 1. The van der Waals surface area contributed by atoms with Crippen LogP contribution in [0.1, 0.15) is 68.4 Å². The molecule has 0 aliphatic heterocycles. The first-order valence-electron chi connectivity index (χ1n) is 8.19. The van der Waals surface area contributed by atoms with E-state index in [0.29, 0.717) is 0 Å². The molecule has 0 aromatic heterocycles. The fourth-order valence-corrected chi connectivity index (χ4v) is 3.50. The van der Waals surface area contributed by atoms with Crippen LogP contribution in [-0.2, 0) is 0 Å². The van der Waals surface area contributed by atoms with E-state index in [1.807, 2.05) is 0 Å². The number of rotatable bonds is 6. The van der Waals surface area contributed by atoms with Crippen molar-refractivity contribution in [1.29, 1.82) is 0 Å². The van der Waals surface area contributed by atoms with E-state index in [1.165, 1.54) is 51.6 Å². The standard InChI is InChI=1S/C18H27N/c1-2-11-19-13-17-9-10-18(17)16-8-4-7-15(12-16)14-5-3-6-14/h4,7-8,12,14,17-19H,2-3,5-6,9-11,13H2,1H3. The first-order valence-corrected chi connectivity index (χ1v) is 8.19. The third-order valence-electron chi connectivity index (χ3n) is 5.17. The molecule has 2 aliphatic rings. The van der Waals surface area contributed by atoms with E-state index >= 15 is 0 Å². The lowest BCUT2D eigenvalue weighted by atomic mass is 9.69. The summed E-state index contributed by atoms with van der Waals surface area (Å²) in [7, 11) is 0. The van der Waals surface area contributed by atoms with E-state index < -0.39 is 0 Å². The van der Waals surface area contributed by atoms with Gasteiger partial charge in [-0.25, -0.2) is 0 Å². The highest BCUT2D eigenvalue weighted by molar-refractivity contribution is 5.31. The highest BCUT2D eigenvalue weighted by Gasteiger charge is 2.32. The smallest absolute Gasteiger partial charge is 0.00147 e. The largest absolute Gasteiger partial charge is 0.316 e. The Balaban J connectivity index is 1.61. The Morgan fingerprint density at radius 3 is 2.58 bits per heavy atom. The van der Waals surface area contributed by atoms with Crippen molar-refractivity contribution in [3.8, 4) is 0 Å². The van der Waals surface area contributed by atoms with Crippen LogP contribution in [0.15, 0.2) is 24.3 Å². The van der Waals surface area contributed by atoms with Gasteiger partial charge in [0.2, 0.25) is 0 Å². The molecule has 104 valence electrons. The Morgan fingerprint density at radius 2 is 1.95 bits per heavy atom. The molecule has 1 aromatic carbocycles. The van der Waals surface area contributed by atoms with E-state index in [4.69, 9.17) is 0 Å². The van der Waals surface area contributed by atoms with Gasteiger partial charge in [0, 0.05) is 0 Å². The molecule has 0 spiro atoms. The van der Waals surface area contributed by atoms with Gasteiger partial charge in [-0.3, -0.25) is 0 Å². The lowest BCUT2D eigenvalue weighted by Crippen LogP contribution is -2.34. The van der Waals surface area contributed by atoms with Crippen LogP contribution in [0.4, 0.5) is 0 Å². The molecule has 0 radical (unpaired) electrons. The predicted molar refractivity (Wildman–Crippen MR) is 81.7 cm³/mol. The van der Waals surface area contributed by atoms with Crippen molar-refractivity contribution < 1.29 is 0 Å². The molecule has 2 aliphatic carbocycles. The van der Waals surface area contributed by atoms with Gasteiger partial charge in [0.25, 0.3) is 0 Å². The molecule has 0 amide bonds. The van der Waals surface area contributed by atoms with Crippen molar-refractivity contribution in [2.24, 2.45) is 5.92 Å². The summed E-state index contributed by atoms with van der Waals surface area (Å²) in [5.41, 5.74) is 3.22. The Bertz CT molecular complexity index is 408. The molecule has 0 bridgehead atoms. The summed E-state index contributed by atoms with van der Waals surface area (Å²) in [4.78, 5) is 0. The molecule has 1 aromatic rings. The lowest BCUT2D eigenvalue weighted by Gasteiger charge is -2.38. The molecule has 2 atom stereocenters. The highest BCUT2D eigenvalue weighted by Crippen LogP contribution is 2.44. The summed E-state index contributed by atoms with van der Waals surface area (Å²) in [5, 5.41) is 3.60. The predicted octanol–water partition coefficient (Wildman–Crippen LogP) is 4.45. The number of nitrogens with one attached hydrogen (secondary N) is 1. The first-order chi connectivity index (χ1) is 9.38. The van der Waals surface area contributed by atoms with Gasteiger partial charge in [0.1, 0.15) is 0 Å². The Morgan fingerprint density at radius 1 is 1.11 bits per heavy atom. The molecule has 1 nitrogen and oxygen atoms in total. The molecular weight excluding hydrogens is 230 g/mol. The van der Waals surface area contributed by atoms with E-state index in [0.717, 1.165) is 17.8 Å². The second kappa shape index (κ2) is 6.09. The maximum absolute atomic E-state index is 3.60. The summed E-state index contributed by atoms with van der Waals surface area (Å²) in [6.45, 7) is 4.63. The number of hydrogen-bond acceptors (Lipinski definition) is 1. The van der Waals surface area contributed by atoms with Gasteiger partial charge in [-0.2, -0.15) is 0 Å². The quantitative estimate of drug-likeness (QED) is 0.743. The van der Waals surface area contributed by atoms with E-state index in [9.17, 15) is 0 Å². The summed E-state index contributed by atoms with van der Waals surface area (Å²) < 4.78 is 0. The molecule has 1 heteroatoms. The topological polar surface area (TPSA) is 12.0 Å². The van der Waals surface area contributed by atoms with Gasteiger partial charge in [0.05, 0.1) is 0 Å². The van der Waals surface area contributed by atoms with Crippen molar-refractivity contribution in [1.82, 2.24) is 5.32 Å². The molecule has 0 heterocycles. The van der Waals surface area contributed by atoms with Crippen LogP contribution in [-0.4, -0.2) is 13.1 Å². The normalized spacial score (nSPS) is 26.8. The molecule has 2 unspecified atom stereocenters. The second-order valence-electron chi connectivity index (χ2n) is 6.45. The minimum atomic E-state index is 0.824. The van der Waals surface area contributed by atoms with Crippen LogP contribution in [0.5, 0.6) is 0 Å². The molecule has 0 saturated heterocycles. The van der Waals surface area contributed by atoms with Crippen molar-refractivity contribution in [3.05, 3.63) is 35.4 Å². The van der Waals surface area contributed by atoms with E-state index in [2.05, 4.69) is 36.5 Å². The summed E-state index contributed by atoms with van der Waals surface area (Å²) in [6.07, 6.45) is 8.31. The molecule has 1 N–H and O–H groups in total. The van der Waals surface area contributed by atoms with Crippen molar-refractivity contribution in [2.45, 2.75) is 57.3 Å². The monoisotopic (exact) mass is 257 g/mol. The lowest BCUT2D eigenvalue weighted by molar-refractivity contribution is 0.246. The van der Waals surface area contributed by atoms with Crippen LogP contribution in [0, 0.1) is 5.92 Å². The van der Waals surface area contributed by atoms with Crippen LogP contribution >= 0.6 is 0 Å². The van der Waals surface area contributed by atoms with Crippen LogP contribution in [0.25, 0.3) is 0 Å². The molecular formula is C18H27N. The maximum Gasteiger partial charge on any atom is -0.00147 e. The van der Waals surface area contributed by atoms with Crippen LogP contribution in [0.2, 0.25) is 0 Å². The molecule has 2 fully saturated rings. The minimum Gasteiger partial charge on any atom is -0.316 e. The van der Waals surface area contributed by atoms with Gasteiger partial charge >= 0.3 is 0 Å². The van der Waals surface area contributed by atoms with Crippen molar-refractivity contribution in [3.63, 3.8) is 0 Å². The zero-order valence-electron chi connectivity index (χ0n) is 12.2. The Labute approximate surface area is 117 Å². The van der Waals surface area contributed by atoms with Gasteiger partial charge in [-0.15, -0.1) is 0 Å². The minimum absolute atomic E-state index is 0.824. The van der Waals surface area contributed by atoms with Gasteiger partial charge in [-0.1, -0.05) is 37.6 Å². The SMILES string of the molecule is CCCNCC1CCC1c1cccc(C2CCC2)c1. The molecule has 3 rings (SSSR count). The van der Waals surface area contributed by atoms with E-state index in [1.54, 1.807) is 11.1 Å². The average molecular weight is 257 g/mol. The fourth-order valence-electron chi connectivity index (χ4n) is 3.50. The van der Waals surface area contributed by atoms with Gasteiger partial charge in [-0.05, 0) is 74.1 Å². The average Bonchev–Trinajstić information content (AvgIpc) is 2.32. The molecule has 19 heavy (non-hydrogen) atoms. The Hall–Kier alpha value is -0.820. The van der Waals surface area contributed by atoms with Crippen molar-refractivity contribution >= 4 is 0 Å².